The van der Waals surface area contributed by atoms with Crippen LogP contribution >= 0.6 is 23.0 Å². The van der Waals surface area contributed by atoms with Crippen molar-refractivity contribution in [2.45, 2.75) is 12.8 Å². The molecule has 0 aliphatic carbocycles. The normalized spacial score (nSPS) is 11.6. The van der Waals surface area contributed by atoms with Gasteiger partial charge in [-0.15, -0.1) is 0 Å². The monoisotopic (exact) mass is 378 g/mol. The first-order valence-corrected chi connectivity index (χ1v) is 6.39. The molecule has 19 heavy (non-hydrogen) atoms. The molecule has 1 nitrogen and oxygen atoms in total. The molecule has 2 rings (SSSR count). The Morgan fingerprint density at radius 2 is 1.32 bits per heavy atom. The van der Waals surface area contributed by atoms with Crippen molar-refractivity contribution in [3.05, 3.63) is 59.7 Å². The second-order valence-corrected chi connectivity index (χ2v) is 4.65. The van der Waals surface area contributed by atoms with Gasteiger partial charge in [-0.05, 0) is 28.8 Å². The zero-order valence-electron chi connectivity index (χ0n) is 9.75. The van der Waals surface area contributed by atoms with Crippen molar-refractivity contribution in [2.24, 2.45) is 0 Å². The van der Waals surface area contributed by atoms with E-state index < -0.39 is 11.7 Å². The van der Waals surface area contributed by atoms with Crippen LogP contribution in [0.5, 0.6) is 0 Å². The smallest absolute Gasteiger partial charge is 0.311 e. The van der Waals surface area contributed by atoms with Crippen LogP contribution in [0.25, 0.3) is 11.1 Å². The molecule has 0 saturated heterocycles. The molecule has 0 fully saturated rings. The van der Waals surface area contributed by atoms with Crippen LogP contribution in [0.3, 0.4) is 0 Å². The Morgan fingerprint density at radius 3 is 1.74 bits per heavy atom. The molecule has 0 atom stereocenters. The summed E-state index contributed by atoms with van der Waals surface area (Å²) in [4.78, 5) is 0. The van der Waals surface area contributed by atoms with Crippen molar-refractivity contribution in [3.63, 3.8) is 0 Å². The maximum absolute atomic E-state index is 12.4. The summed E-state index contributed by atoms with van der Waals surface area (Å²) in [6.45, 7) is 0.508. The Labute approximate surface area is 123 Å². The summed E-state index contributed by atoms with van der Waals surface area (Å²) in [5, 5.41) is 0. The molecule has 0 aliphatic heterocycles. The van der Waals surface area contributed by atoms with Gasteiger partial charge in [0.2, 0.25) is 0 Å². The molecule has 0 spiro atoms. The molecular weight excluding hydrogens is 368 g/mol. The van der Waals surface area contributed by atoms with Gasteiger partial charge >= 0.3 is 6.18 Å². The summed E-state index contributed by atoms with van der Waals surface area (Å²) in [6.07, 6.45) is -4.29. The summed E-state index contributed by atoms with van der Waals surface area (Å²) < 4.78 is 42.3. The fourth-order valence-corrected chi connectivity index (χ4v) is 2.07. The molecule has 100 valence electrons. The van der Waals surface area contributed by atoms with Crippen molar-refractivity contribution in [1.82, 2.24) is 0 Å². The van der Waals surface area contributed by atoms with Gasteiger partial charge in [0.1, 0.15) is 23.0 Å². The van der Waals surface area contributed by atoms with E-state index in [1.54, 1.807) is 0 Å². The van der Waals surface area contributed by atoms with Crippen molar-refractivity contribution in [2.75, 3.05) is 0 Å². The first kappa shape index (κ1) is 14.3. The fourth-order valence-electron chi connectivity index (χ4n) is 1.71. The summed E-state index contributed by atoms with van der Waals surface area (Å²) in [7, 11) is 0. The molecule has 5 heteroatoms. The van der Waals surface area contributed by atoms with Crippen LogP contribution in [0.4, 0.5) is 13.2 Å². The van der Waals surface area contributed by atoms with Gasteiger partial charge in [-0.2, -0.15) is 13.2 Å². The lowest BCUT2D eigenvalue weighted by atomic mass is 10.0. The molecule has 0 saturated carbocycles. The maximum atomic E-state index is 12.4. The highest BCUT2D eigenvalue weighted by atomic mass is 127. The molecule has 2 aromatic rings. The molecular formula is C14H10F3IO. The molecule has 0 aromatic heterocycles. The molecule has 0 unspecified atom stereocenters. The number of hydrogen-bond acceptors (Lipinski definition) is 1. The van der Waals surface area contributed by atoms with E-state index in [4.69, 9.17) is 3.07 Å². The van der Waals surface area contributed by atoms with Crippen molar-refractivity contribution in [1.29, 1.82) is 0 Å². The lowest BCUT2D eigenvalue weighted by Crippen LogP contribution is -2.03. The van der Waals surface area contributed by atoms with Crippen LogP contribution in [0.1, 0.15) is 11.1 Å². The van der Waals surface area contributed by atoms with Crippen molar-refractivity contribution in [3.8, 4) is 11.1 Å². The van der Waals surface area contributed by atoms with Crippen LogP contribution in [0.2, 0.25) is 0 Å². The van der Waals surface area contributed by atoms with Crippen LogP contribution in [-0.4, -0.2) is 0 Å². The zero-order valence-corrected chi connectivity index (χ0v) is 11.9. The highest BCUT2D eigenvalue weighted by Gasteiger charge is 2.29. The average molecular weight is 378 g/mol. The van der Waals surface area contributed by atoms with E-state index >= 15 is 0 Å². The Morgan fingerprint density at radius 1 is 0.842 bits per heavy atom. The average Bonchev–Trinajstić information content (AvgIpc) is 2.39. The predicted octanol–water partition coefficient (Wildman–Crippen LogP) is 5.24. The number of hydrogen-bond donors (Lipinski definition) is 0. The van der Waals surface area contributed by atoms with E-state index in [9.17, 15) is 13.2 Å². The van der Waals surface area contributed by atoms with E-state index in [-0.39, 0.29) is 0 Å². The molecule has 0 N–H and O–H groups in total. The molecule has 0 bridgehead atoms. The van der Waals surface area contributed by atoms with Crippen LogP contribution in [0, 0.1) is 0 Å². The van der Waals surface area contributed by atoms with Crippen LogP contribution in [0.15, 0.2) is 48.5 Å². The first-order chi connectivity index (χ1) is 9.00. The Bertz CT molecular complexity index is 532. The minimum Gasteiger partial charge on any atom is -0.311 e. The lowest BCUT2D eigenvalue weighted by molar-refractivity contribution is -0.137. The Balaban J connectivity index is 2.22. The number of rotatable bonds is 3. The molecule has 0 heterocycles. The first-order valence-electron chi connectivity index (χ1n) is 5.51. The molecule has 0 aliphatic rings. The van der Waals surface area contributed by atoms with E-state index in [2.05, 4.69) is 0 Å². The van der Waals surface area contributed by atoms with Crippen LogP contribution < -0.4 is 0 Å². The summed E-state index contributed by atoms with van der Waals surface area (Å²) in [5.74, 6) is 0. The van der Waals surface area contributed by atoms with Gasteiger partial charge < -0.3 is 3.07 Å². The topological polar surface area (TPSA) is 9.23 Å². The Hall–Kier alpha value is -1.08. The SMILES string of the molecule is FC(F)(F)c1ccc(-c2ccc(COI)cc2)cc1. The van der Waals surface area contributed by atoms with Gasteiger partial charge in [0.05, 0.1) is 12.2 Å². The predicted molar refractivity (Wildman–Crippen MR) is 75.7 cm³/mol. The van der Waals surface area contributed by atoms with Gasteiger partial charge in [0.15, 0.2) is 0 Å². The lowest BCUT2D eigenvalue weighted by Gasteiger charge is -2.08. The van der Waals surface area contributed by atoms with Gasteiger partial charge in [-0.3, -0.25) is 0 Å². The van der Waals surface area contributed by atoms with Gasteiger partial charge in [-0.1, -0.05) is 36.4 Å². The van der Waals surface area contributed by atoms with Crippen LogP contribution in [-0.2, 0) is 15.8 Å². The van der Waals surface area contributed by atoms with E-state index in [0.717, 1.165) is 28.8 Å². The largest absolute Gasteiger partial charge is 0.416 e. The highest BCUT2D eigenvalue weighted by Crippen LogP contribution is 2.31. The number of alkyl halides is 3. The molecule has 2 aromatic carbocycles. The Kier molecular flexibility index (Phi) is 4.46. The fraction of sp³-hybridized carbons (Fsp3) is 0.143. The van der Waals surface area contributed by atoms with Crippen molar-refractivity contribution >= 4 is 23.0 Å². The summed E-state index contributed by atoms with van der Waals surface area (Å²) >= 11 is 1.82. The summed E-state index contributed by atoms with van der Waals surface area (Å²) in [6, 6.07) is 12.7. The zero-order chi connectivity index (χ0) is 13.9. The molecule has 0 amide bonds. The standard InChI is InChI=1S/C14H10F3IO/c15-14(16,17)13-7-5-12(6-8-13)11-3-1-10(2-4-11)9-19-18/h1-8H,9H2. The third-order valence-corrected chi connectivity index (χ3v) is 3.03. The van der Waals surface area contributed by atoms with Gasteiger partial charge in [0, 0.05) is 0 Å². The quantitative estimate of drug-likeness (QED) is 0.664. The number of benzene rings is 2. The summed E-state index contributed by atoms with van der Waals surface area (Å²) in [5.41, 5.74) is 2.03. The maximum Gasteiger partial charge on any atom is 0.416 e. The molecule has 0 radical (unpaired) electrons. The van der Waals surface area contributed by atoms with Crippen molar-refractivity contribution < 1.29 is 16.2 Å². The number of halogens is 4. The highest BCUT2D eigenvalue weighted by molar-refractivity contribution is 14.1. The van der Waals surface area contributed by atoms with E-state index in [0.29, 0.717) is 6.61 Å². The van der Waals surface area contributed by atoms with Gasteiger partial charge in [0.25, 0.3) is 0 Å². The van der Waals surface area contributed by atoms with E-state index in [1.165, 1.54) is 12.1 Å². The minimum atomic E-state index is -4.29. The third-order valence-electron chi connectivity index (χ3n) is 2.72. The second kappa shape index (κ2) is 5.92. The third kappa shape index (κ3) is 3.70. The second-order valence-electron chi connectivity index (χ2n) is 4.03. The van der Waals surface area contributed by atoms with E-state index in [1.807, 2.05) is 47.3 Å². The van der Waals surface area contributed by atoms with Gasteiger partial charge in [-0.25, -0.2) is 0 Å². The minimum absolute atomic E-state index is 0.508.